The average molecular weight is 787 g/mol. The molecule has 0 spiro atoms. The molecule has 16 nitrogen and oxygen atoms in total. The normalized spacial score (nSPS) is 30.0. The third-order valence-electron chi connectivity index (χ3n) is 9.35. The van der Waals surface area contributed by atoms with Gasteiger partial charge in [-0.25, -0.2) is 0 Å². The van der Waals surface area contributed by atoms with Gasteiger partial charge in [0, 0.05) is 89.3 Å². The lowest BCUT2D eigenvalue weighted by atomic mass is 9.94. The highest BCUT2D eigenvalue weighted by atomic mass is 28.4. The summed E-state index contributed by atoms with van der Waals surface area (Å²) in [7, 11) is 8.82. The first-order chi connectivity index (χ1) is 25.2. The maximum Gasteiger partial charge on any atom is 0.500 e. The van der Waals surface area contributed by atoms with Gasteiger partial charge in [-0.1, -0.05) is 12.2 Å². The van der Waals surface area contributed by atoms with Crippen LogP contribution in [-0.4, -0.2) is 182 Å². The molecule has 0 N–H and O–H groups in total. The highest BCUT2D eigenvalue weighted by molar-refractivity contribution is 6.60. The SMILES string of the molecule is C=CCOC[C@H]1O[C@@H](O[C@H]2[C@H](OC)C(OCCC[Si](OC)(OC)OC)[C@H](C)O[C@@H]2COCCC[Si](OC)(OC)OC)C(OCC=C)[C@@H](OC)[C@@H]1OC. The molecule has 0 aromatic rings. The van der Waals surface area contributed by atoms with Crippen molar-refractivity contribution in [1.82, 2.24) is 0 Å². The van der Waals surface area contributed by atoms with E-state index in [4.69, 9.17) is 73.9 Å². The first-order valence-corrected chi connectivity index (χ1v) is 21.5. The van der Waals surface area contributed by atoms with Crippen LogP contribution in [0.3, 0.4) is 0 Å². The minimum absolute atomic E-state index is 0.192. The Morgan fingerprint density at radius 3 is 1.56 bits per heavy atom. The molecule has 0 aromatic heterocycles. The molecule has 2 unspecified atom stereocenters. The van der Waals surface area contributed by atoms with E-state index in [-0.39, 0.29) is 25.9 Å². The summed E-state index contributed by atoms with van der Waals surface area (Å²) < 4.78 is 96.1. The predicted molar refractivity (Wildman–Crippen MR) is 194 cm³/mol. The molecule has 0 radical (unpaired) electrons. The van der Waals surface area contributed by atoms with E-state index in [0.29, 0.717) is 44.8 Å². The Labute approximate surface area is 313 Å². The third-order valence-corrected chi connectivity index (χ3v) is 15.0. The maximum atomic E-state index is 6.87. The molecule has 10 atom stereocenters. The van der Waals surface area contributed by atoms with Crippen molar-refractivity contribution >= 4 is 17.6 Å². The molecule has 0 aliphatic carbocycles. The van der Waals surface area contributed by atoms with Gasteiger partial charge in [-0.15, -0.1) is 13.2 Å². The summed E-state index contributed by atoms with van der Waals surface area (Å²) in [5.41, 5.74) is 0. The van der Waals surface area contributed by atoms with Crippen molar-refractivity contribution in [3.63, 3.8) is 0 Å². The molecule has 2 heterocycles. The lowest BCUT2D eigenvalue weighted by Crippen LogP contribution is -2.65. The minimum Gasteiger partial charge on any atom is -0.379 e. The van der Waals surface area contributed by atoms with E-state index in [9.17, 15) is 0 Å². The zero-order chi connectivity index (χ0) is 38.6. The Kier molecular flexibility index (Phi) is 23.2. The predicted octanol–water partition coefficient (Wildman–Crippen LogP) is 2.64. The summed E-state index contributed by atoms with van der Waals surface area (Å²) in [6.45, 7) is 11.2. The molecule has 306 valence electrons. The Morgan fingerprint density at radius 1 is 0.538 bits per heavy atom. The molecule has 18 heteroatoms. The van der Waals surface area contributed by atoms with E-state index >= 15 is 0 Å². The van der Waals surface area contributed by atoms with Crippen molar-refractivity contribution in [1.29, 1.82) is 0 Å². The Balaban J connectivity index is 2.37. The fourth-order valence-electron chi connectivity index (χ4n) is 6.56. The summed E-state index contributed by atoms with van der Waals surface area (Å²) >= 11 is 0. The highest BCUT2D eigenvalue weighted by Gasteiger charge is 2.53. The van der Waals surface area contributed by atoms with Crippen LogP contribution in [-0.2, 0) is 73.9 Å². The Morgan fingerprint density at radius 2 is 1.04 bits per heavy atom. The highest BCUT2D eigenvalue weighted by Crippen LogP contribution is 2.34. The van der Waals surface area contributed by atoms with Crippen LogP contribution >= 0.6 is 0 Å². The van der Waals surface area contributed by atoms with E-state index in [0.717, 1.165) is 0 Å². The van der Waals surface area contributed by atoms with E-state index in [1.54, 1.807) is 76.1 Å². The standard InChI is InChI=1S/C34H66O16Si2/c1-13-17-44-23-26-29(35-4)32(37-6)33(46-18-14-2)34(49-26)50-30-27(24-45-19-15-21-51(38-7,39-8)40-9)48-25(3)28(31(30)36-5)47-20-16-22-52(41-10,42-11)43-12/h13-14,25-34H,1-2,15-24H2,3-12H3/t25-,26+,27+,28?,29+,30+,31+,32-,33?,34-/m0/s1. The van der Waals surface area contributed by atoms with Crippen molar-refractivity contribution in [2.24, 2.45) is 0 Å². The van der Waals surface area contributed by atoms with Gasteiger partial charge in [-0.3, -0.25) is 0 Å². The first kappa shape index (κ1) is 47.4. The molecule has 2 fully saturated rings. The summed E-state index contributed by atoms with van der Waals surface area (Å²) in [6.07, 6.45) is -1.54. The van der Waals surface area contributed by atoms with Crippen molar-refractivity contribution in [3.05, 3.63) is 25.3 Å². The molecule has 0 amide bonds. The summed E-state index contributed by atoms with van der Waals surface area (Å²) in [6, 6.07) is 1.15. The summed E-state index contributed by atoms with van der Waals surface area (Å²) in [5, 5.41) is 0. The van der Waals surface area contributed by atoms with Gasteiger partial charge in [0.1, 0.15) is 48.8 Å². The zero-order valence-corrected chi connectivity index (χ0v) is 34.9. The van der Waals surface area contributed by atoms with Gasteiger partial charge < -0.3 is 73.9 Å². The van der Waals surface area contributed by atoms with Crippen LogP contribution in [0.4, 0.5) is 0 Å². The second-order valence-corrected chi connectivity index (χ2v) is 18.4. The molecule has 52 heavy (non-hydrogen) atoms. The van der Waals surface area contributed by atoms with Gasteiger partial charge >= 0.3 is 17.6 Å². The van der Waals surface area contributed by atoms with Gasteiger partial charge in [0.15, 0.2) is 6.29 Å². The van der Waals surface area contributed by atoms with Crippen LogP contribution in [0.1, 0.15) is 19.8 Å². The number of hydrogen-bond acceptors (Lipinski definition) is 16. The van der Waals surface area contributed by atoms with Crippen LogP contribution in [0.25, 0.3) is 0 Å². The second-order valence-electron chi connectivity index (χ2n) is 12.2. The topological polar surface area (TPSA) is 148 Å². The van der Waals surface area contributed by atoms with E-state index in [1.165, 1.54) is 0 Å². The molecule has 2 aliphatic heterocycles. The Hall–Kier alpha value is -0.726. The molecule has 2 rings (SSSR count). The molecule has 2 saturated heterocycles. The third kappa shape index (κ3) is 13.2. The molecular weight excluding hydrogens is 721 g/mol. The Bertz CT molecular complexity index is 944. The zero-order valence-electron chi connectivity index (χ0n) is 32.9. The minimum atomic E-state index is -2.78. The van der Waals surface area contributed by atoms with Crippen LogP contribution in [0.5, 0.6) is 0 Å². The largest absolute Gasteiger partial charge is 0.500 e. The monoisotopic (exact) mass is 786 g/mol. The van der Waals surface area contributed by atoms with E-state index in [2.05, 4.69) is 13.2 Å². The van der Waals surface area contributed by atoms with Crippen LogP contribution < -0.4 is 0 Å². The average Bonchev–Trinajstić information content (AvgIpc) is 3.17. The number of ether oxygens (including phenoxy) is 10. The molecule has 0 bridgehead atoms. The van der Waals surface area contributed by atoms with Gasteiger partial charge in [0.25, 0.3) is 0 Å². The summed E-state index contributed by atoms with van der Waals surface area (Å²) in [4.78, 5) is 0. The van der Waals surface area contributed by atoms with E-state index in [1.807, 2.05) is 6.92 Å². The van der Waals surface area contributed by atoms with Crippen molar-refractivity contribution in [3.8, 4) is 0 Å². The van der Waals surface area contributed by atoms with Crippen molar-refractivity contribution in [2.45, 2.75) is 93.1 Å². The van der Waals surface area contributed by atoms with Gasteiger partial charge in [0.05, 0.1) is 32.5 Å². The fourth-order valence-corrected chi connectivity index (χ4v) is 9.94. The smallest absolute Gasteiger partial charge is 0.379 e. The molecule has 2 aliphatic rings. The van der Waals surface area contributed by atoms with E-state index < -0.39 is 72.7 Å². The molecule has 0 aromatic carbocycles. The van der Waals surface area contributed by atoms with Gasteiger partial charge in [0.2, 0.25) is 0 Å². The second kappa shape index (κ2) is 25.4. The molecule has 0 saturated carbocycles. The quantitative estimate of drug-likeness (QED) is 0.0621. The van der Waals surface area contributed by atoms with Crippen molar-refractivity contribution < 1.29 is 73.9 Å². The summed E-state index contributed by atoms with van der Waals surface area (Å²) in [5.74, 6) is 0. The number of hydrogen-bond donors (Lipinski definition) is 0. The van der Waals surface area contributed by atoms with Gasteiger partial charge in [-0.05, 0) is 19.8 Å². The maximum absolute atomic E-state index is 6.87. The van der Waals surface area contributed by atoms with Crippen molar-refractivity contribution in [2.75, 3.05) is 104 Å². The van der Waals surface area contributed by atoms with Crippen LogP contribution in [0.15, 0.2) is 25.3 Å². The molecular formula is C34H66O16Si2. The van der Waals surface area contributed by atoms with Gasteiger partial charge in [-0.2, -0.15) is 0 Å². The van der Waals surface area contributed by atoms with Crippen LogP contribution in [0, 0.1) is 0 Å². The lowest BCUT2D eigenvalue weighted by molar-refractivity contribution is -0.353. The number of rotatable bonds is 29. The lowest BCUT2D eigenvalue weighted by Gasteiger charge is -2.49. The number of methoxy groups -OCH3 is 3. The first-order valence-electron chi connectivity index (χ1n) is 17.6. The van der Waals surface area contributed by atoms with Crippen LogP contribution in [0.2, 0.25) is 12.1 Å². The fraction of sp³-hybridized carbons (Fsp3) is 0.882.